The van der Waals surface area contributed by atoms with E-state index in [4.69, 9.17) is 9.84 Å². The van der Waals surface area contributed by atoms with Crippen LogP contribution in [-0.4, -0.2) is 54.1 Å². The SMILES string of the molecule is C=C(/C(C=O)=C\C)C(F)(F)F.CC.CNc1ccc(-c2cnc(OC3CCC(CC=O)CC3)nc2)cc1.CO.Cc1ccccc1. The van der Waals surface area contributed by atoms with Crippen molar-refractivity contribution in [3.8, 4) is 17.1 Å². The Morgan fingerprint density at radius 3 is 1.87 bits per heavy atom. The topological polar surface area (TPSA) is 101 Å². The third kappa shape index (κ3) is 16.1. The van der Waals surface area contributed by atoms with Crippen LogP contribution in [0, 0.1) is 12.8 Å². The molecular formula is C36H48F3N3O4. The summed E-state index contributed by atoms with van der Waals surface area (Å²) in [6, 6.07) is 18.8. The maximum absolute atomic E-state index is 11.8. The van der Waals surface area contributed by atoms with Crippen molar-refractivity contribution in [1.29, 1.82) is 0 Å². The van der Waals surface area contributed by atoms with Crippen molar-refractivity contribution >= 4 is 18.3 Å². The van der Waals surface area contributed by atoms with Gasteiger partial charge in [0.15, 0.2) is 0 Å². The summed E-state index contributed by atoms with van der Waals surface area (Å²) in [5.41, 5.74) is 2.93. The first-order valence-electron chi connectivity index (χ1n) is 15.2. The fourth-order valence-electron chi connectivity index (χ4n) is 4.14. The highest BCUT2D eigenvalue weighted by atomic mass is 19.4. The number of alkyl halides is 3. The van der Waals surface area contributed by atoms with Gasteiger partial charge in [-0.05, 0) is 63.1 Å². The minimum atomic E-state index is -4.51. The van der Waals surface area contributed by atoms with Crippen molar-refractivity contribution in [3.63, 3.8) is 0 Å². The smallest absolute Gasteiger partial charge is 0.416 e. The second kappa shape index (κ2) is 24.0. The molecule has 2 aromatic carbocycles. The van der Waals surface area contributed by atoms with Crippen molar-refractivity contribution in [2.45, 2.75) is 72.1 Å². The quantitative estimate of drug-likeness (QED) is 0.144. The number of ether oxygens (including phenoxy) is 1. The van der Waals surface area contributed by atoms with E-state index in [1.165, 1.54) is 12.5 Å². The van der Waals surface area contributed by atoms with E-state index in [0.29, 0.717) is 18.3 Å². The van der Waals surface area contributed by atoms with Crippen LogP contribution in [0.25, 0.3) is 11.1 Å². The van der Waals surface area contributed by atoms with Crippen molar-refractivity contribution in [1.82, 2.24) is 9.97 Å². The first-order chi connectivity index (χ1) is 22.1. The second-order valence-corrected chi connectivity index (χ2v) is 9.74. The molecule has 46 heavy (non-hydrogen) atoms. The molecule has 0 amide bonds. The van der Waals surface area contributed by atoms with E-state index in [0.717, 1.165) is 62.0 Å². The number of nitrogens with one attached hydrogen (secondary N) is 1. The number of benzene rings is 2. The molecule has 1 saturated carbocycles. The maximum Gasteiger partial charge on any atom is 0.416 e. The van der Waals surface area contributed by atoms with E-state index < -0.39 is 17.3 Å². The Morgan fingerprint density at radius 2 is 1.50 bits per heavy atom. The number of halogens is 3. The Labute approximate surface area is 271 Å². The molecule has 10 heteroatoms. The van der Waals surface area contributed by atoms with E-state index >= 15 is 0 Å². The molecule has 4 rings (SSSR count). The zero-order valence-corrected chi connectivity index (χ0v) is 27.7. The highest BCUT2D eigenvalue weighted by Gasteiger charge is 2.33. The first kappa shape index (κ1) is 41.7. The number of aliphatic hydroxyl groups is 1. The second-order valence-electron chi connectivity index (χ2n) is 9.74. The van der Waals surface area contributed by atoms with Gasteiger partial charge in [0.2, 0.25) is 0 Å². The largest absolute Gasteiger partial charge is 0.460 e. The van der Waals surface area contributed by atoms with Crippen LogP contribution in [-0.2, 0) is 9.59 Å². The standard InChI is InChI=1S/C19H23N3O2.C7H7F3O.C7H8.C2H6.CH4O/c1-20-17-6-4-15(5-7-17)16-12-21-19(22-13-16)24-18-8-2-14(3-9-18)10-11-23;1-3-6(4-11)5(2)7(8,9)10;1-7-5-3-2-4-6-7;2*1-2/h4-7,11-14,18,20H,2-3,8-10H2,1H3;3-4H,2H2,1H3;2-6H,1H3;1-2H3;2H,1H3/b;6-3-;;;. The minimum absolute atomic E-state index is 0.135. The van der Waals surface area contributed by atoms with Gasteiger partial charge >= 0.3 is 12.2 Å². The van der Waals surface area contributed by atoms with Gasteiger partial charge in [-0.2, -0.15) is 13.2 Å². The summed E-state index contributed by atoms with van der Waals surface area (Å²) >= 11 is 0. The maximum atomic E-state index is 11.8. The molecule has 1 aromatic heterocycles. The van der Waals surface area contributed by atoms with Crippen LogP contribution < -0.4 is 10.1 Å². The summed E-state index contributed by atoms with van der Waals surface area (Å²) in [7, 11) is 2.90. The molecular weight excluding hydrogens is 595 g/mol. The molecule has 0 spiro atoms. The molecule has 1 aliphatic carbocycles. The Kier molecular flexibility index (Phi) is 21.7. The number of hydrogen-bond acceptors (Lipinski definition) is 7. The Hall–Kier alpha value is -4.31. The summed E-state index contributed by atoms with van der Waals surface area (Å²) in [5.74, 6) is 0.520. The Bertz CT molecular complexity index is 1270. The van der Waals surface area contributed by atoms with Gasteiger partial charge < -0.3 is 20.0 Å². The van der Waals surface area contributed by atoms with Crippen molar-refractivity contribution in [2.24, 2.45) is 5.92 Å². The lowest BCUT2D eigenvalue weighted by Gasteiger charge is -2.27. The lowest BCUT2D eigenvalue weighted by molar-refractivity contribution is -0.109. The number of rotatable bonds is 8. The summed E-state index contributed by atoms with van der Waals surface area (Å²) < 4.78 is 41.2. The number of carbonyl (C=O) groups excluding carboxylic acids is 2. The molecule has 2 N–H and O–H groups in total. The van der Waals surface area contributed by atoms with Gasteiger partial charge in [0.25, 0.3) is 0 Å². The van der Waals surface area contributed by atoms with E-state index in [2.05, 4.69) is 40.9 Å². The molecule has 0 aliphatic heterocycles. The van der Waals surface area contributed by atoms with E-state index in [-0.39, 0.29) is 12.4 Å². The fourth-order valence-corrected chi connectivity index (χ4v) is 4.14. The van der Waals surface area contributed by atoms with Gasteiger partial charge in [0.05, 0.1) is 5.57 Å². The van der Waals surface area contributed by atoms with Crippen LogP contribution in [0.4, 0.5) is 18.9 Å². The zero-order valence-electron chi connectivity index (χ0n) is 27.7. The lowest BCUT2D eigenvalue weighted by Crippen LogP contribution is -2.25. The molecule has 7 nitrogen and oxygen atoms in total. The molecule has 1 fully saturated rings. The third-order valence-corrected chi connectivity index (χ3v) is 6.70. The van der Waals surface area contributed by atoms with Gasteiger partial charge in [0.1, 0.15) is 18.7 Å². The third-order valence-electron chi connectivity index (χ3n) is 6.70. The summed E-state index contributed by atoms with van der Waals surface area (Å²) in [6.07, 6.45) is 6.17. The molecule has 0 unspecified atom stereocenters. The van der Waals surface area contributed by atoms with Crippen LogP contribution in [0.2, 0.25) is 0 Å². The molecule has 0 radical (unpaired) electrons. The van der Waals surface area contributed by atoms with Crippen LogP contribution in [0.15, 0.2) is 90.8 Å². The predicted molar refractivity (Wildman–Crippen MR) is 180 cm³/mol. The zero-order chi connectivity index (χ0) is 35.0. The molecule has 0 saturated heterocycles. The average molecular weight is 644 g/mol. The van der Waals surface area contributed by atoms with Gasteiger partial charge in [0, 0.05) is 49.8 Å². The van der Waals surface area contributed by atoms with Gasteiger partial charge in [-0.15, -0.1) is 0 Å². The number of aldehydes is 2. The number of anilines is 1. The number of aromatic nitrogens is 2. The molecule has 0 atom stereocenters. The predicted octanol–water partition coefficient (Wildman–Crippen LogP) is 8.59. The van der Waals surface area contributed by atoms with Crippen LogP contribution in [0.5, 0.6) is 6.01 Å². The van der Waals surface area contributed by atoms with E-state index in [1.54, 1.807) is 12.4 Å². The number of carbonyl (C=O) groups is 2. The number of aliphatic hydroxyl groups excluding tert-OH is 1. The Balaban J connectivity index is 0.000000762. The minimum Gasteiger partial charge on any atom is -0.460 e. The molecule has 0 bridgehead atoms. The van der Waals surface area contributed by atoms with Gasteiger partial charge in [-0.3, -0.25) is 4.79 Å². The monoisotopic (exact) mass is 643 g/mol. The van der Waals surface area contributed by atoms with Gasteiger partial charge in [-0.25, -0.2) is 9.97 Å². The molecule has 1 aliphatic rings. The van der Waals surface area contributed by atoms with Crippen LogP contribution in [0.1, 0.15) is 58.4 Å². The van der Waals surface area contributed by atoms with Crippen LogP contribution >= 0.6 is 0 Å². The first-order valence-corrected chi connectivity index (χ1v) is 15.2. The van der Waals surface area contributed by atoms with Crippen molar-refractivity contribution in [3.05, 3.63) is 96.4 Å². The molecule has 252 valence electrons. The Morgan fingerprint density at radius 1 is 0.957 bits per heavy atom. The number of aryl methyl sites for hydroxylation is 1. The highest BCUT2D eigenvalue weighted by molar-refractivity contribution is 5.80. The normalized spacial score (nSPS) is 15.3. The highest BCUT2D eigenvalue weighted by Crippen LogP contribution is 2.29. The number of allylic oxidation sites excluding steroid dienone is 3. The fraction of sp³-hybridized carbons (Fsp3) is 0.389. The van der Waals surface area contributed by atoms with E-state index in [9.17, 15) is 22.8 Å². The van der Waals surface area contributed by atoms with Gasteiger partial charge in [-0.1, -0.05) is 74.5 Å². The molecule has 1 heterocycles. The van der Waals surface area contributed by atoms with Crippen molar-refractivity contribution in [2.75, 3.05) is 19.5 Å². The molecule has 3 aromatic rings. The summed E-state index contributed by atoms with van der Waals surface area (Å²) in [5, 5.41) is 10.1. The lowest BCUT2D eigenvalue weighted by atomic mass is 9.86. The summed E-state index contributed by atoms with van der Waals surface area (Å²) in [4.78, 5) is 29.3. The number of nitrogens with zero attached hydrogens (tertiary/aromatic N) is 2. The summed E-state index contributed by atoms with van der Waals surface area (Å²) in [6.45, 7) is 10.2. The van der Waals surface area contributed by atoms with Crippen LogP contribution in [0.3, 0.4) is 0 Å². The number of hydrogen-bond donors (Lipinski definition) is 2. The van der Waals surface area contributed by atoms with Crippen molar-refractivity contribution < 1.29 is 32.6 Å². The van der Waals surface area contributed by atoms with E-state index in [1.807, 2.05) is 63.4 Å². The average Bonchev–Trinajstić information content (AvgIpc) is 3.09.